The minimum atomic E-state index is -1.32. The second-order valence-electron chi connectivity index (χ2n) is 7.83. The van der Waals surface area contributed by atoms with Crippen LogP contribution in [-0.4, -0.2) is 61.1 Å². The number of nitrogens with one attached hydrogen (secondary N) is 1. The van der Waals surface area contributed by atoms with Crippen molar-refractivity contribution in [3.63, 3.8) is 0 Å². The fraction of sp³-hybridized carbons (Fsp3) is 0.500. The van der Waals surface area contributed by atoms with Gasteiger partial charge in [-0.25, -0.2) is 9.18 Å². The van der Waals surface area contributed by atoms with Gasteiger partial charge in [-0.2, -0.15) is 0 Å². The average Bonchev–Trinajstić information content (AvgIpc) is 3.45. The fourth-order valence-corrected chi connectivity index (χ4v) is 4.50. The summed E-state index contributed by atoms with van der Waals surface area (Å²) in [5, 5.41) is 12.8. The van der Waals surface area contributed by atoms with Crippen molar-refractivity contribution in [2.75, 3.05) is 38.3 Å². The SMILES string of the molecule is COc1c(N2CC3NCCOC3C2)c(F)cc2c(=O)c(C(=O)O)cn(C3CC3)c12. The first-order valence-corrected chi connectivity index (χ1v) is 9.78. The van der Waals surface area contributed by atoms with E-state index in [2.05, 4.69) is 5.32 Å². The zero-order chi connectivity index (χ0) is 20.3. The Kier molecular flexibility index (Phi) is 4.25. The number of ether oxygens (including phenoxy) is 2. The van der Waals surface area contributed by atoms with E-state index >= 15 is 4.39 Å². The van der Waals surface area contributed by atoms with E-state index in [1.165, 1.54) is 13.3 Å². The van der Waals surface area contributed by atoms with E-state index in [0.717, 1.165) is 25.5 Å². The summed E-state index contributed by atoms with van der Waals surface area (Å²) >= 11 is 0. The van der Waals surface area contributed by atoms with Gasteiger partial charge in [-0.15, -0.1) is 0 Å². The number of morpholine rings is 1. The number of methoxy groups -OCH3 is 1. The molecule has 5 rings (SSSR count). The number of pyridine rings is 1. The van der Waals surface area contributed by atoms with Gasteiger partial charge < -0.3 is 29.4 Å². The van der Waals surface area contributed by atoms with Crippen LogP contribution in [0.15, 0.2) is 17.1 Å². The maximum Gasteiger partial charge on any atom is 0.341 e. The van der Waals surface area contributed by atoms with E-state index in [1.54, 1.807) is 4.57 Å². The number of anilines is 1. The summed E-state index contributed by atoms with van der Waals surface area (Å²) in [6, 6.07) is 1.33. The molecule has 2 aromatic rings. The molecule has 8 nitrogen and oxygen atoms in total. The molecule has 0 amide bonds. The lowest BCUT2D eigenvalue weighted by Crippen LogP contribution is -2.47. The summed E-state index contributed by atoms with van der Waals surface area (Å²) in [6.45, 7) is 2.44. The van der Waals surface area contributed by atoms with Crippen molar-refractivity contribution < 1.29 is 23.8 Å². The molecule has 3 aliphatic rings. The topological polar surface area (TPSA) is 93.0 Å². The van der Waals surface area contributed by atoms with Crippen LogP contribution in [0.3, 0.4) is 0 Å². The number of hydrogen-bond acceptors (Lipinski definition) is 6. The average molecular weight is 403 g/mol. The van der Waals surface area contributed by atoms with Crippen LogP contribution in [0.25, 0.3) is 10.9 Å². The largest absolute Gasteiger partial charge is 0.492 e. The monoisotopic (exact) mass is 403 g/mol. The minimum Gasteiger partial charge on any atom is -0.492 e. The molecule has 0 spiro atoms. The normalized spacial score (nSPS) is 24.0. The lowest BCUT2D eigenvalue weighted by molar-refractivity contribution is 0.0212. The second-order valence-corrected chi connectivity index (χ2v) is 7.83. The highest BCUT2D eigenvalue weighted by atomic mass is 19.1. The molecule has 1 saturated carbocycles. The Labute approximate surface area is 165 Å². The van der Waals surface area contributed by atoms with Crippen molar-refractivity contribution >= 4 is 22.6 Å². The van der Waals surface area contributed by atoms with E-state index in [9.17, 15) is 14.7 Å². The predicted molar refractivity (Wildman–Crippen MR) is 104 cm³/mol. The second kappa shape index (κ2) is 6.70. The summed E-state index contributed by atoms with van der Waals surface area (Å²) in [4.78, 5) is 26.2. The lowest BCUT2D eigenvalue weighted by Gasteiger charge is -2.25. The van der Waals surface area contributed by atoms with E-state index in [4.69, 9.17) is 9.47 Å². The molecule has 29 heavy (non-hydrogen) atoms. The summed E-state index contributed by atoms with van der Waals surface area (Å²) < 4.78 is 28.5. The number of rotatable bonds is 4. The molecule has 2 aliphatic heterocycles. The van der Waals surface area contributed by atoms with Crippen LogP contribution in [0.2, 0.25) is 0 Å². The van der Waals surface area contributed by atoms with E-state index in [-0.39, 0.29) is 40.6 Å². The van der Waals surface area contributed by atoms with Crippen LogP contribution < -0.4 is 20.4 Å². The Morgan fingerprint density at radius 2 is 2.17 bits per heavy atom. The third-order valence-electron chi connectivity index (χ3n) is 6.00. The Morgan fingerprint density at radius 1 is 1.38 bits per heavy atom. The Morgan fingerprint density at radius 3 is 2.83 bits per heavy atom. The van der Waals surface area contributed by atoms with Gasteiger partial charge in [0.1, 0.15) is 11.3 Å². The molecule has 2 saturated heterocycles. The third-order valence-corrected chi connectivity index (χ3v) is 6.00. The summed E-state index contributed by atoms with van der Waals surface area (Å²) in [6.07, 6.45) is 3.07. The molecule has 3 heterocycles. The molecule has 2 unspecified atom stereocenters. The number of halogens is 1. The van der Waals surface area contributed by atoms with Gasteiger partial charge in [-0.3, -0.25) is 4.79 Å². The van der Waals surface area contributed by atoms with Crippen molar-refractivity contribution in [3.8, 4) is 5.75 Å². The number of carboxylic acids is 1. The van der Waals surface area contributed by atoms with Crippen molar-refractivity contribution in [3.05, 3.63) is 33.9 Å². The van der Waals surface area contributed by atoms with Gasteiger partial charge in [0.05, 0.1) is 36.8 Å². The van der Waals surface area contributed by atoms with E-state index in [1.807, 2.05) is 4.90 Å². The molecule has 2 atom stereocenters. The first kappa shape index (κ1) is 18.4. The van der Waals surface area contributed by atoms with Crippen LogP contribution in [0.1, 0.15) is 29.2 Å². The number of fused-ring (bicyclic) bond motifs is 2. The van der Waals surface area contributed by atoms with Gasteiger partial charge >= 0.3 is 5.97 Å². The molecule has 1 aromatic carbocycles. The zero-order valence-corrected chi connectivity index (χ0v) is 16.0. The van der Waals surface area contributed by atoms with Crippen molar-refractivity contribution in [2.45, 2.75) is 31.0 Å². The van der Waals surface area contributed by atoms with Crippen LogP contribution in [0.4, 0.5) is 10.1 Å². The fourth-order valence-electron chi connectivity index (χ4n) is 4.50. The standard InChI is InChI=1S/C20H22FN3O5/c1-28-19-16-11(18(25)12(20(26)27)7-24(16)10-2-3-10)6-13(21)17(19)23-8-14-15(9-23)29-5-4-22-14/h6-7,10,14-15,22H,2-5,8-9H2,1H3,(H,26,27). The smallest absolute Gasteiger partial charge is 0.341 e. The summed E-state index contributed by atoms with van der Waals surface area (Å²) in [7, 11) is 1.45. The van der Waals surface area contributed by atoms with E-state index < -0.39 is 17.2 Å². The summed E-state index contributed by atoms with van der Waals surface area (Å²) in [5.74, 6) is -1.66. The zero-order valence-electron chi connectivity index (χ0n) is 16.0. The first-order valence-electron chi connectivity index (χ1n) is 9.78. The predicted octanol–water partition coefficient (Wildman–Crippen LogP) is 1.36. The highest BCUT2D eigenvalue weighted by Gasteiger charge is 2.39. The molecule has 9 heteroatoms. The van der Waals surface area contributed by atoms with Gasteiger partial charge in [-0.05, 0) is 18.9 Å². The van der Waals surface area contributed by atoms with Crippen LogP contribution in [0, 0.1) is 5.82 Å². The molecular formula is C20H22FN3O5. The van der Waals surface area contributed by atoms with Gasteiger partial charge in [0, 0.05) is 31.9 Å². The molecule has 0 radical (unpaired) electrons. The maximum absolute atomic E-state index is 15.3. The highest BCUT2D eigenvalue weighted by Crippen LogP contribution is 2.44. The minimum absolute atomic E-state index is 0.0286. The van der Waals surface area contributed by atoms with Gasteiger partial charge in [0.2, 0.25) is 5.43 Å². The number of aromatic nitrogens is 1. The van der Waals surface area contributed by atoms with Crippen molar-refractivity contribution in [1.82, 2.24) is 9.88 Å². The first-order chi connectivity index (χ1) is 14.0. The van der Waals surface area contributed by atoms with Crippen LogP contribution in [0.5, 0.6) is 5.75 Å². The Balaban J connectivity index is 1.73. The molecule has 1 aliphatic carbocycles. The number of carboxylic acid groups (broad SMARTS) is 1. The molecule has 0 bridgehead atoms. The number of benzene rings is 1. The molecular weight excluding hydrogens is 381 g/mol. The number of carbonyl (C=O) groups is 1. The Bertz CT molecular complexity index is 1050. The van der Waals surface area contributed by atoms with Crippen molar-refractivity contribution in [1.29, 1.82) is 0 Å². The quantitative estimate of drug-likeness (QED) is 0.796. The molecule has 1 aromatic heterocycles. The third kappa shape index (κ3) is 2.87. The molecule has 2 N–H and O–H groups in total. The molecule has 3 fully saturated rings. The highest BCUT2D eigenvalue weighted by molar-refractivity contribution is 5.97. The summed E-state index contributed by atoms with van der Waals surface area (Å²) in [5.41, 5.74) is -0.321. The van der Waals surface area contributed by atoms with Crippen LogP contribution in [-0.2, 0) is 4.74 Å². The van der Waals surface area contributed by atoms with Crippen molar-refractivity contribution in [2.24, 2.45) is 0 Å². The van der Waals surface area contributed by atoms with Gasteiger partial charge in [0.25, 0.3) is 0 Å². The molecule has 154 valence electrons. The van der Waals surface area contributed by atoms with Gasteiger partial charge in [0.15, 0.2) is 11.6 Å². The Hall–Kier alpha value is -2.65. The lowest BCUT2D eigenvalue weighted by atomic mass is 10.1. The number of nitrogens with zero attached hydrogens (tertiary/aromatic N) is 2. The number of aromatic carboxylic acids is 1. The number of hydrogen-bond donors (Lipinski definition) is 2. The maximum atomic E-state index is 15.3. The van der Waals surface area contributed by atoms with Gasteiger partial charge in [-0.1, -0.05) is 0 Å². The van der Waals surface area contributed by atoms with E-state index in [0.29, 0.717) is 25.2 Å². The van der Waals surface area contributed by atoms with Crippen LogP contribution >= 0.6 is 0 Å².